The number of carbonyl (C=O) groups is 3. The normalized spacial score (nSPS) is 25.6. The summed E-state index contributed by atoms with van der Waals surface area (Å²) < 4.78 is 27.9. The fourth-order valence-corrected chi connectivity index (χ4v) is 13.2. The van der Waals surface area contributed by atoms with Crippen molar-refractivity contribution in [1.82, 2.24) is 29.8 Å². The Hall–Kier alpha value is -4.27. The molecular weight excluding hydrogens is 897 g/mol. The van der Waals surface area contributed by atoms with Gasteiger partial charge in [-0.1, -0.05) is 37.8 Å². The third kappa shape index (κ3) is 12.1. The Bertz CT molecular complexity index is 2130. The van der Waals surface area contributed by atoms with Crippen LogP contribution in [0.1, 0.15) is 135 Å². The molecule has 14 nitrogen and oxygen atoms in total. The Morgan fingerprint density at radius 3 is 1.42 bits per heavy atom. The van der Waals surface area contributed by atoms with E-state index in [0.717, 1.165) is 105 Å². The lowest BCUT2D eigenvalue weighted by Crippen LogP contribution is -2.65. The van der Waals surface area contributed by atoms with Crippen LogP contribution in [0.15, 0.2) is 36.4 Å². The lowest BCUT2D eigenvalue weighted by molar-refractivity contribution is -0.149. The highest BCUT2D eigenvalue weighted by Gasteiger charge is 2.51. The van der Waals surface area contributed by atoms with Crippen LogP contribution < -0.4 is 24.3 Å². The molecule has 2 aromatic carbocycles. The molecule has 2 unspecified atom stereocenters. The van der Waals surface area contributed by atoms with Gasteiger partial charge < -0.3 is 43.7 Å². The topological polar surface area (TPSA) is 126 Å². The number of piperidine rings is 2. The third-order valence-electron chi connectivity index (χ3n) is 17.3. The minimum Gasteiger partial charge on any atom is -0.497 e. The van der Waals surface area contributed by atoms with Crippen LogP contribution in [-0.2, 0) is 27.4 Å². The summed E-state index contributed by atoms with van der Waals surface area (Å²) in [5.41, 5.74) is 1.66. The molecule has 1 N–H and O–H groups in total. The minimum atomic E-state index is -0.536. The number of ether oxygens (including phenoxy) is 5. The van der Waals surface area contributed by atoms with Gasteiger partial charge in [-0.15, -0.1) is 0 Å². The van der Waals surface area contributed by atoms with Crippen LogP contribution in [0.25, 0.3) is 0 Å². The maximum atomic E-state index is 14.6. The predicted molar refractivity (Wildman–Crippen MR) is 275 cm³/mol. The first-order chi connectivity index (χ1) is 34.4. The van der Waals surface area contributed by atoms with Gasteiger partial charge in [0.05, 0.1) is 40.5 Å². The number of nitrogens with zero attached hydrogens (tertiary/aromatic N) is 5. The summed E-state index contributed by atoms with van der Waals surface area (Å²) in [5, 5.41) is 3.43. The van der Waals surface area contributed by atoms with Gasteiger partial charge in [0, 0.05) is 112 Å². The van der Waals surface area contributed by atoms with Gasteiger partial charge in [0.25, 0.3) is 0 Å². The molecule has 0 bridgehead atoms. The van der Waals surface area contributed by atoms with Crippen LogP contribution >= 0.6 is 0 Å². The van der Waals surface area contributed by atoms with Crippen molar-refractivity contribution >= 4 is 17.9 Å². The average molecular weight is 983 g/mol. The quantitative estimate of drug-likeness (QED) is 0.174. The SMILES string of the molecule is COc1ccc(CN(C2CC2)C(C(=O)N2CCC[C@H]3CCCC[C@@H]32)C2CN(C(=O)OC(C)(C)C)C2)c(OC)c1.COc1ccc(CN(C2CC2)C(C(=O)N2CCC[C@H]3CCCC[C@@H]32)C2CNC2)c(OC)c1. The predicted octanol–water partition coefficient (Wildman–Crippen LogP) is 8.52. The fourth-order valence-electron chi connectivity index (χ4n) is 13.2. The van der Waals surface area contributed by atoms with Gasteiger partial charge in [-0.05, 0) is 122 Å². The molecule has 4 aliphatic carbocycles. The molecule has 8 fully saturated rings. The zero-order valence-electron chi connectivity index (χ0n) is 44.2. The molecule has 71 heavy (non-hydrogen) atoms. The van der Waals surface area contributed by atoms with E-state index in [-0.39, 0.29) is 30.0 Å². The largest absolute Gasteiger partial charge is 0.497 e. The van der Waals surface area contributed by atoms with E-state index in [1.165, 1.54) is 70.6 Å². The number of amides is 3. The number of benzene rings is 2. The molecule has 14 heteroatoms. The van der Waals surface area contributed by atoms with Crippen molar-refractivity contribution in [2.24, 2.45) is 23.7 Å². The van der Waals surface area contributed by atoms with Gasteiger partial charge in [0.2, 0.25) is 11.8 Å². The highest BCUT2D eigenvalue weighted by Crippen LogP contribution is 2.43. The lowest BCUT2D eigenvalue weighted by atomic mass is 9.77. The van der Waals surface area contributed by atoms with Crippen molar-refractivity contribution in [3.63, 3.8) is 0 Å². The molecule has 0 spiro atoms. The van der Waals surface area contributed by atoms with Crippen LogP contribution in [0.4, 0.5) is 4.79 Å². The maximum Gasteiger partial charge on any atom is 0.410 e. The molecule has 2 aromatic rings. The number of rotatable bonds is 16. The molecule has 0 radical (unpaired) electrons. The van der Waals surface area contributed by atoms with Crippen molar-refractivity contribution in [3.8, 4) is 23.0 Å². The van der Waals surface area contributed by atoms with Crippen LogP contribution in [-0.4, -0.2) is 152 Å². The molecule has 4 aliphatic heterocycles. The van der Waals surface area contributed by atoms with E-state index in [1.54, 1.807) is 33.3 Å². The standard InChI is InChI=1S/C31H47N3O5.C26H39N3O3/c1-31(2,3)39-30(36)32-18-23(19-32)28(29(35)33-16-8-10-21-9-6-7-11-26(21)33)34(24-13-14-24)20-22-12-15-25(37-4)17-27(22)38-5;1-31-22-12-9-19(24(14-22)32-2)17-29(21-10-11-21)25(20-15-27-16-20)26(30)28-13-5-7-18-6-3-4-8-23(18)28/h12,15,17,21,23-24,26,28H,6-11,13-14,16,18-20H2,1-5H3;9,12,14,18,20-21,23,25,27H,3-8,10-11,13,15-17H2,1-2H3/t21-,26+,28?;18-,23+,25?/m11/s1. The summed E-state index contributed by atoms with van der Waals surface area (Å²) in [5.74, 6) is 5.67. The molecule has 392 valence electrons. The highest BCUT2D eigenvalue weighted by atomic mass is 16.6. The zero-order chi connectivity index (χ0) is 49.8. The zero-order valence-corrected chi connectivity index (χ0v) is 44.2. The molecule has 10 rings (SSSR count). The van der Waals surface area contributed by atoms with Gasteiger partial charge >= 0.3 is 6.09 Å². The monoisotopic (exact) mass is 983 g/mol. The van der Waals surface area contributed by atoms with E-state index in [4.69, 9.17) is 23.7 Å². The molecule has 4 saturated heterocycles. The van der Waals surface area contributed by atoms with E-state index in [0.29, 0.717) is 61.5 Å². The van der Waals surface area contributed by atoms with Crippen LogP contribution in [0.2, 0.25) is 0 Å². The van der Waals surface area contributed by atoms with Crippen molar-refractivity contribution in [1.29, 1.82) is 0 Å². The summed E-state index contributed by atoms with van der Waals surface area (Å²) in [6.07, 6.45) is 19.0. The number of carbonyl (C=O) groups excluding carboxylic acids is 3. The maximum absolute atomic E-state index is 14.6. The van der Waals surface area contributed by atoms with Crippen LogP contribution in [0, 0.1) is 23.7 Å². The summed E-state index contributed by atoms with van der Waals surface area (Å²) in [6.45, 7) is 11.9. The number of hydrogen-bond acceptors (Lipinski definition) is 11. The number of nitrogens with one attached hydrogen (secondary N) is 1. The van der Waals surface area contributed by atoms with Crippen molar-refractivity contribution in [3.05, 3.63) is 47.5 Å². The Kier molecular flexibility index (Phi) is 16.6. The molecular formula is C57H86N6O8. The summed E-state index contributed by atoms with van der Waals surface area (Å²) >= 11 is 0. The van der Waals surface area contributed by atoms with E-state index < -0.39 is 5.60 Å². The van der Waals surface area contributed by atoms with Gasteiger partial charge in [-0.2, -0.15) is 0 Å². The van der Waals surface area contributed by atoms with Crippen molar-refractivity contribution in [2.45, 2.75) is 178 Å². The molecule has 4 saturated carbocycles. The Labute approximate surface area is 424 Å². The Morgan fingerprint density at radius 1 is 0.592 bits per heavy atom. The Morgan fingerprint density at radius 2 is 1.03 bits per heavy atom. The molecule has 4 heterocycles. The van der Waals surface area contributed by atoms with Gasteiger partial charge in [-0.3, -0.25) is 19.4 Å². The molecule has 6 atom stereocenters. The summed E-state index contributed by atoms with van der Waals surface area (Å²) in [6, 6.07) is 13.4. The summed E-state index contributed by atoms with van der Waals surface area (Å²) in [4.78, 5) is 52.9. The minimum absolute atomic E-state index is 0.0313. The molecule has 0 aromatic heterocycles. The number of likely N-dealkylation sites (tertiary alicyclic amines) is 3. The number of hydrogen-bond donors (Lipinski definition) is 1. The fraction of sp³-hybridized carbons (Fsp3) is 0.737. The van der Waals surface area contributed by atoms with E-state index in [2.05, 4.69) is 37.0 Å². The van der Waals surface area contributed by atoms with Crippen molar-refractivity contribution in [2.75, 3.05) is 67.7 Å². The summed E-state index contributed by atoms with van der Waals surface area (Å²) in [7, 11) is 6.74. The molecule has 8 aliphatic rings. The number of fused-ring (bicyclic) bond motifs is 2. The van der Waals surface area contributed by atoms with Gasteiger partial charge in [0.15, 0.2) is 0 Å². The Balaban J connectivity index is 0.000000179. The first-order valence-electron chi connectivity index (χ1n) is 27.6. The van der Waals surface area contributed by atoms with Crippen molar-refractivity contribution < 1.29 is 38.1 Å². The lowest BCUT2D eigenvalue weighted by Gasteiger charge is -2.50. The molecule has 3 amide bonds. The third-order valence-corrected chi connectivity index (χ3v) is 17.3. The first-order valence-corrected chi connectivity index (χ1v) is 27.6. The average Bonchev–Trinajstić information content (AvgIpc) is 4.30. The van der Waals surface area contributed by atoms with E-state index >= 15 is 0 Å². The van der Waals surface area contributed by atoms with E-state index in [1.807, 2.05) is 45.0 Å². The van der Waals surface area contributed by atoms with E-state index in [9.17, 15) is 14.4 Å². The second-order valence-corrected chi connectivity index (χ2v) is 23.2. The first kappa shape index (κ1) is 51.6. The number of methoxy groups -OCH3 is 4. The van der Waals surface area contributed by atoms with Crippen LogP contribution in [0.3, 0.4) is 0 Å². The highest BCUT2D eigenvalue weighted by molar-refractivity contribution is 5.84. The smallest absolute Gasteiger partial charge is 0.410 e. The van der Waals surface area contributed by atoms with Gasteiger partial charge in [0.1, 0.15) is 28.6 Å². The van der Waals surface area contributed by atoms with Crippen LogP contribution in [0.5, 0.6) is 23.0 Å². The van der Waals surface area contributed by atoms with Gasteiger partial charge in [-0.25, -0.2) is 4.79 Å². The second-order valence-electron chi connectivity index (χ2n) is 23.2. The second kappa shape index (κ2) is 22.9.